The number of hydrogen-bond acceptors (Lipinski definition) is 3. The maximum Gasteiger partial charge on any atom is 0.133 e. The minimum Gasteiger partial charge on any atom is -0.300 e. The molecule has 0 radical (unpaired) electrons. The first-order valence-corrected chi connectivity index (χ1v) is 4.13. The zero-order valence-corrected chi connectivity index (χ0v) is 6.47. The van der Waals surface area contributed by atoms with Crippen molar-refractivity contribution in [3.8, 4) is 0 Å². The number of carbonyl (C=O) groups excluding carboxylic acids is 1. The summed E-state index contributed by atoms with van der Waals surface area (Å²) in [6, 6.07) is 0. The second-order valence-electron chi connectivity index (χ2n) is 3.38. The van der Waals surface area contributed by atoms with E-state index >= 15 is 0 Å². The number of rotatable bonds is 0. The summed E-state index contributed by atoms with van der Waals surface area (Å²) in [7, 11) is 0. The highest BCUT2D eigenvalue weighted by Gasteiger charge is 2.40. The van der Waals surface area contributed by atoms with Crippen LogP contribution in [-0.4, -0.2) is 18.0 Å². The third kappa shape index (κ3) is 1.30. The Bertz CT molecular complexity index is 158. The largest absolute Gasteiger partial charge is 0.300 e. The van der Waals surface area contributed by atoms with Crippen molar-refractivity contribution in [3.63, 3.8) is 0 Å². The lowest BCUT2D eigenvalue weighted by Gasteiger charge is -2.28. The highest BCUT2D eigenvalue weighted by Crippen LogP contribution is 2.36. The summed E-state index contributed by atoms with van der Waals surface area (Å²) in [5, 5.41) is 0. The van der Waals surface area contributed by atoms with Crippen LogP contribution in [0.15, 0.2) is 0 Å². The van der Waals surface area contributed by atoms with Crippen molar-refractivity contribution in [3.05, 3.63) is 0 Å². The van der Waals surface area contributed by atoms with Gasteiger partial charge < -0.3 is 0 Å². The normalized spacial score (nSPS) is 29.6. The standard InChI is InChI=1S/C8H12O3/c9-7-1-3-8(4-2-7)5-6-10-11-8/h1-6H2. The van der Waals surface area contributed by atoms with Crippen LogP contribution >= 0.6 is 0 Å². The molecule has 2 aliphatic rings. The first-order valence-electron chi connectivity index (χ1n) is 4.13. The number of carbonyl (C=O) groups is 1. The minimum atomic E-state index is -0.0894. The van der Waals surface area contributed by atoms with Crippen LogP contribution in [0.2, 0.25) is 0 Å². The van der Waals surface area contributed by atoms with Gasteiger partial charge in [0.1, 0.15) is 11.4 Å². The molecule has 1 saturated heterocycles. The van der Waals surface area contributed by atoms with Crippen molar-refractivity contribution in [2.45, 2.75) is 37.7 Å². The summed E-state index contributed by atoms with van der Waals surface area (Å²) >= 11 is 0. The molecule has 1 aliphatic carbocycles. The molecule has 0 amide bonds. The second kappa shape index (κ2) is 2.57. The van der Waals surface area contributed by atoms with E-state index in [0.717, 1.165) is 19.3 Å². The summed E-state index contributed by atoms with van der Waals surface area (Å²) in [6.45, 7) is 0.689. The summed E-state index contributed by atoms with van der Waals surface area (Å²) < 4.78 is 0. The van der Waals surface area contributed by atoms with Crippen molar-refractivity contribution < 1.29 is 14.6 Å². The highest BCUT2D eigenvalue weighted by atomic mass is 17.2. The van der Waals surface area contributed by atoms with Gasteiger partial charge >= 0.3 is 0 Å². The van der Waals surface area contributed by atoms with Gasteiger partial charge in [0, 0.05) is 19.3 Å². The van der Waals surface area contributed by atoms with Gasteiger partial charge in [-0.25, -0.2) is 9.78 Å². The van der Waals surface area contributed by atoms with Crippen LogP contribution in [0.1, 0.15) is 32.1 Å². The lowest BCUT2D eigenvalue weighted by molar-refractivity contribution is -0.313. The quantitative estimate of drug-likeness (QED) is 0.495. The van der Waals surface area contributed by atoms with E-state index in [4.69, 9.17) is 9.78 Å². The minimum absolute atomic E-state index is 0.0894. The molecule has 1 heterocycles. The fourth-order valence-corrected chi connectivity index (χ4v) is 1.75. The van der Waals surface area contributed by atoms with Gasteiger partial charge in [0.05, 0.1) is 6.61 Å². The Labute approximate surface area is 65.6 Å². The Kier molecular flexibility index (Phi) is 1.69. The first kappa shape index (κ1) is 7.25. The molecule has 3 heteroatoms. The Balaban J connectivity index is 1.99. The van der Waals surface area contributed by atoms with Crippen molar-refractivity contribution in [2.24, 2.45) is 0 Å². The molecule has 0 atom stereocenters. The molecule has 0 aromatic carbocycles. The van der Waals surface area contributed by atoms with Crippen molar-refractivity contribution in [2.75, 3.05) is 6.61 Å². The molecule has 1 spiro atoms. The van der Waals surface area contributed by atoms with Crippen LogP contribution < -0.4 is 0 Å². The molecule has 11 heavy (non-hydrogen) atoms. The third-order valence-electron chi connectivity index (χ3n) is 2.60. The molecular weight excluding hydrogens is 144 g/mol. The van der Waals surface area contributed by atoms with Crippen molar-refractivity contribution in [1.29, 1.82) is 0 Å². The predicted octanol–water partition coefficient (Wildman–Crippen LogP) is 1.22. The predicted molar refractivity (Wildman–Crippen MR) is 37.9 cm³/mol. The number of ketones is 1. The number of hydrogen-bond donors (Lipinski definition) is 0. The zero-order chi connectivity index (χ0) is 7.73. The van der Waals surface area contributed by atoms with Gasteiger partial charge in [-0.3, -0.25) is 4.79 Å². The fraction of sp³-hybridized carbons (Fsp3) is 0.875. The topological polar surface area (TPSA) is 35.5 Å². The Morgan fingerprint density at radius 1 is 1.18 bits per heavy atom. The second-order valence-corrected chi connectivity index (χ2v) is 3.38. The van der Waals surface area contributed by atoms with Gasteiger partial charge in [0.2, 0.25) is 0 Å². The summed E-state index contributed by atoms with van der Waals surface area (Å²) in [6.07, 6.45) is 4.00. The average molecular weight is 156 g/mol. The first-order chi connectivity index (χ1) is 5.31. The smallest absolute Gasteiger partial charge is 0.133 e. The van der Waals surface area contributed by atoms with Gasteiger partial charge in [-0.2, -0.15) is 0 Å². The van der Waals surface area contributed by atoms with E-state index in [2.05, 4.69) is 0 Å². The molecule has 0 aromatic heterocycles. The molecular formula is C8H12O3. The molecule has 0 bridgehead atoms. The summed E-state index contributed by atoms with van der Waals surface area (Å²) in [5.41, 5.74) is -0.0894. The Hall–Kier alpha value is -0.410. The van der Waals surface area contributed by atoms with Gasteiger partial charge in [-0.05, 0) is 12.8 Å². The van der Waals surface area contributed by atoms with Crippen molar-refractivity contribution >= 4 is 5.78 Å². The highest BCUT2D eigenvalue weighted by molar-refractivity contribution is 5.79. The molecule has 2 fully saturated rings. The molecule has 0 unspecified atom stereocenters. The maximum atomic E-state index is 10.9. The molecule has 0 N–H and O–H groups in total. The third-order valence-corrected chi connectivity index (χ3v) is 2.60. The molecule has 3 nitrogen and oxygen atoms in total. The lowest BCUT2D eigenvalue weighted by Crippen LogP contribution is -2.33. The van der Waals surface area contributed by atoms with E-state index in [9.17, 15) is 4.79 Å². The van der Waals surface area contributed by atoms with Crippen LogP contribution in [0.5, 0.6) is 0 Å². The summed E-state index contributed by atoms with van der Waals surface area (Å²) in [5.74, 6) is 0.367. The van der Waals surface area contributed by atoms with Crippen molar-refractivity contribution in [1.82, 2.24) is 0 Å². The van der Waals surface area contributed by atoms with E-state index in [1.165, 1.54) is 0 Å². The maximum absolute atomic E-state index is 10.9. The molecule has 62 valence electrons. The Morgan fingerprint density at radius 2 is 1.91 bits per heavy atom. The van der Waals surface area contributed by atoms with Crippen LogP contribution in [-0.2, 0) is 14.6 Å². The van der Waals surface area contributed by atoms with Gasteiger partial charge in [-0.15, -0.1) is 0 Å². The average Bonchev–Trinajstić information content (AvgIpc) is 2.45. The van der Waals surface area contributed by atoms with E-state index in [1.54, 1.807) is 0 Å². The molecule has 2 rings (SSSR count). The number of Topliss-reactive ketones (excluding diaryl/α,β-unsaturated/α-hetero) is 1. The van der Waals surface area contributed by atoms with Crippen LogP contribution in [0.4, 0.5) is 0 Å². The monoisotopic (exact) mass is 156 g/mol. The van der Waals surface area contributed by atoms with Gasteiger partial charge in [0.15, 0.2) is 0 Å². The summed E-state index contributed by atoms with van der Waals surface area (Å²) in [4.78, 5) is 20.9. The molecule has 0 aromatic rings. The van der Waals surface area contributed by atoms with Crippen LogP contribution in [0.25, 0.3) is 0 Å². The van der Waals surface area contributed by atoms with Gasteiger partial charge in [0.25, 0.3) is 0 Å². The fourth-order valence-electron chi connectivity index (χ4n) is 1.75. The van der Waals surface area contributed by atoms with E-state index in [1.807, 2.05) is 0 Å². The molecule has 1 aliphatic heterocycles. The van der Waals surface area contributed by atoms with E-state index in [-0.39, 0.29) is 5.60 Å². The van der Waals surface area contributed by atoms with Crippen LogP contribution in [0, 0.1) is 0 Å². The lowest BCUT2D eigenvalue weighted by atomic mass is 9.82. The zero-order valence-electron chi connectivity index (χ0n) is 6.47. The SMILES string of the molecule is O=C1CCC2(CCOO2)CC1. The van der Waals surface area contributed by atoms with E-state index in [0.29, 0.717) is 25.2 Å². The van der Waals surface area contributed by atoms with Crippen LogP contribution in [0.3, 0.4) is 0 Å². The Morgan fingerprint density at radius 3 is 2.45 bits per heavy atom. The molecule has 1 saturated carbocycles. The van der Waals surface area contributed by atoms with E-state index < -0.39 is 0 Å². The van der Waals surface area contributed by atoms with Gasteiger partial charge in [-0.1, -0.05) is 0 Å².